The number of aliphatic imine (C=N–C) groups is 1. The third kappa shape index (κ3) is 3.88. The first-order valence-electron chi connectivity index (χ1n) is 10.6. The molecule has 3 heteroatoms. The van der Waals surface area contributed by atoms with Crippen LogP contribution in [0.5, 0.6) is 0 Å². The van der Waals surface area contributed by atoms with Crippen LogP contribution in [0.4, 0.5) is 5.69 Å². The Morgan fingerprint density at radius 2 is 1.50 bits per heavy atom. The van der Waals surface area contributed by atoms with Gasteiger partial charge in [0.15, 0.2) is 0 Å². The van der Waals surface area contributed by atoms with Crippen LogP contribution in [0, 0.1) is 0 Å². The predicted molar refractivity (Wildman–Crippen MR) is 133 cm³/mol. The van der Waals surface area contributed by atoms with Crippen LogP contribution in [0.15, 0.2) is 121 Å². The highest BCUT2D eigenvalue weighted by molar-refractivity contribution is 6.14. The van der Waals surface area contributed by atoms with Crippen molar-refractivity contribution < 1.29 is 0 Å². The Hall–Kier alpha value is -4.24. The molecule has 0 amide bonds. The van der Waals surface area contributed by atoms with Crippen molar-refractivity contribution in [3.8, 4) is 0 Å². The number of hydrogen-bond donors (Lipinski definition) is 0. The van der Waals surface area contributed by atoms with E-state index in [0.29, 0.717) is 0 Å². The third-order valence-electron chi connectivity index (χ3n) is 5.54. The van der Waals surface area contributed by atoms with Crippen molar-refractivity contribution in [2.24, 2.45) is 12.0 Å². The Bertz CT molecular complexity index is 1390. The molecule has 32 heavy (non-hydrogen) atoms. The van der Waals surface area contributed by atoms with Gasteiger partial charge >= 0.3 is 0 Å². The van der Waals surface area contributed by atoms with E-state index in [4.69, 9.17) is 4.99 Å². The fourth-order valence-corrected chi connectivity index (χ4v) is 3.92. The molecule has 3 nitrogen and oxygen atoms in total. The van der Waals surface area contributed by atoms with E-state index in [2.05, 4.69) is 72.2 Å². The summed E-state index contributed by atoms with van der Waals surface area (Å²) in [5.41, 5.74) is 6.88. The highest BCUT2D eigenvalue weighted by Crippen LogP contribution is 2.31. The van der Waals surface area contributed by atoms with Crippen molar-refractivity contribution in [2.45, 2.75) is 0 Å². The lowest BCUT2D eigenvalue weighted by atomic mass is 9.97. The van der Waals surface area contributed by atoms with Crippen molar-refractivity contribution in [3.05, 3.63) is 139 Å². The molecule has 1 heterocycles. The molecule has 5 aromatic rings. The summed E-state index contributed by atoms with van der Waals surface area (Å²) in [5, 5.41) is 2.27. The van der Waals surface area contributed by atoms with E-state index >= 15 is 0 Å². The van der Waals surface area contributed by atoms with Gasteiger partial charge in [-0.15, -0.1) is 0 Å². The molecule has 1 aromatic heterocycles. The van der Waals surface area contributed by atoms with Crippen LogP contribution in [0.25, 0.3) is 16.3 Å². The summed E-state index contributed by atoms with van der Waals surface area (Å²) < 4.78 is 1.94. The van der Waals surface area contributed by atoms with Gasteiger partial charge in [0.1, 0.15) is 0 Å². The average molecular weight is 414 g/mol. The molecular formula is C29H23N3. The van der Waals surface area contributed by atoms with E-state index in [1.165, 1.54) is 0 Å². The van der Waals surface area contributed by atoms with Crippen LogP contribution >= 0.6 is 0 Å². The van der Waals surface area contributed by atoms with Crippen molar-refractivity contribution in [1.82, 2.24) is 9.55 Å². The molecule has 0 unspecified atom stereocenters. The number of nitrogens with zero attached hydrogens (tertiary/aromatic N) is 3. The van der Waals surface area contributed by atoms with Crippen molar-refractivity contribution in [1.29, 1.82) is 0 Å². The van der Waals surface area contributed by atoms with Gasteiger partial charge in [-0.1, -0.05) is 91.5 Å². The van der Waals surface area contributed by atoms with Gasteiger partial charge in [-0.25, -0.2) is 9.98 Å². The van der Waals surface area contributed by atoms with Crippen molar-refractivity contribution in [2.75, 3.05) is 0 Å². The minimum atomic E-state index is 0.878. The lowest BCUT2D eigenvalue weighted by molar-refractivity contribution is 0.913. The number of aryl methyl sites for hydroxylation is 1. The van der Waals surface area contributed by atoms with E-state index in [0.717, 1.165) is 50.1 Å². The number of imidazole rings is 1. The predicted octanol–water partition coefficient (Wildman–Crippen LogP) is 6.80. The Morgan fingerprint density at radius 1 is 0.812 bits per heavy atom. The monoisotopic (exact) mass is 413 g/mol. The molecule has 0 N–H and O–H groups in total. The molecule has 0 bridgehead atoms. The Morgan fingerprint density at radius 3 is 2.12 bits per heavy atom. The molecule has 154 valence electrons. The standard InChI is InChI=1S/C29H23N3/c1-21(28-19-32(2)20-30-28)26-15-9-14-22-16-17-25(18-27(22)26)31-29(23-10-5-3-6-11-23)24-12-7-4-8-13-24/h3-20H,1H2,2H3. The van der Waals surface area contributed by atoms with Crippen molar-refractivity contribution in [3.63, 3.8) is 0 Å². The maximum Gasteiger partial charge on any atom is 0.0951 e. The minimum Gasteiger partial charge on any atom is -0.340 e. The van der Waals surface area contributed by atoms with E-state index in [1.54, 1.807) is 6.33 Å². The zero-order chi connectivity index (χ0) is 21.9. The zero-order valence-electron chi connectivity index (χ0n) is 17.9. The fourth-order valence-electron chi connectivity index (χ4n) is 3.92. The van der Waals surface area contributed by atoms with Crippen LogP contribution in [0.2, 0.25) is 0 Å². The second-order valence-corrected chi connectivity index (χ2v) is 7.81. The lowest BCUT2D eigenvalue weighted by Crippen LogP contribution is -2.02. The third-order valence-corrected chi connectivity index (χ3v) is 5.54. The van der Waals surface area contributed by atoms with Crippen molar-refractivity contribution >= 4 is 27.7 Å². The highest BCUT2D eigenvalue weighted by atomic mass is 15.0. The first-order chi connectivity index (χ1) is 15.7. The maximum absolute atomic E-state index is 5.09. The summed E-state index contributed by atoms with van der Waals surface area (Å²) in [6, 6.07) is 33.2. The molecule has 0 spiro atoms. The van der Waals surface area contributed by atoms with E-state index in [-0.39, 0.29) is 0 Å². The molecule has 5 rings (SSSR count). The smallest absolute Gasteiger partial charge is 0.0951 e. The average Bonchev–Trinajstić information content (AvgIpc) is 3.29. The zero-order valence-corrected chi connectivity index (χ0v) is 17.9. The van der Waals surface area contributed by atoms with Crippen LogP contribution in [-0.2, 0) is 7.05 Å². The molecule has 0 atom stereocenters. The van der Waals surface area contributed by atoms with Gasteiger partial charge < -0.3 is 4.57 Å². The number of rotatable bonds is 5. The molecule has 0 aliphatic carbocycles. The lowest BCUT2D eigenvalue weighted by Gasteiger charge is -2.11. The van der Waals surface area contributed by atoms with Gasteiger partial charge in [0.25, 0.3) is 0 Å². The summed E-state index contributed by atoms with van der Waals surface area (Å²) in [6.07, 6.45) is 3.79. The molecule has 0 radical (unpaired) electrons. The normalized spacial score (nSPS) is 10.8. The van der Waals surface area contributed by atoms with Crippen LogP contribution in [0.1, 0.15) is 22.4 Å². The Kier molecular flexibility index (Phi) is 5.22. The first-order valence-corrected chi connectivity index (χ1v) is 10.6. The van der Waals surface area contributed by atoms with E-state index < -0.39 is 0 Å². The largest absolute Gasteiger partial charge is 0.340 e. The summed E-state index contributed by atoms with van der Waals surface area (Å²) in [7, 11) is 1.97. The number of benzene rings is 4. The molecule has 0 fully saturated rings. The number of aromatic nitrogens is 2. The molecule has 0 aliphatic rings. The summed E-state index contributed by atoms with van der Waals surface area (Å²) in [6.45, 7) is 4.33. The van der Waals surface area contributed by atoms with Crippen LogP contribution < -0.4 is 0 Å². The fraction of sp³-hybridized carbons (Fsp3) is 0.0345. The molecular weight excluding hydrogens is 390 g/mol. The molecule has 0 saturated carbocycles. The van der Waals surface area contributed by atoms with Crippen LogP contribution in [-0.4, -0.2) is 15.3 Å². The second-order valence-electron chi connectivity index (χ2n) is 7.81. The van der Waals surface area contributed by atoms with Gasteiger partial charge in [0.2, 0.25) is 0 Å². The SMILES string of the molecule is C=C(c1cn(C)cn1)c1cccc2ccc(N=C(c3ccccc3)c3ccccc3)cc12. The summed E-state index contributed by atoms with van der Waals surface area (Å²) in [4.78, 5) is 9.58. The summed E-state index contributed by atoms with van der Waals surface area (Å²) >= 11 is 0. The van der Waals surface area contributed by atoms with Gasteiger partial charge in [0, 0.05) is 29.9 Å². The van der Waals surface area contributed by atoms with E-state index in [9.17, 15) is 0 Å². The highest BCUT2D eigenvalue weighted by Gasteiger charge is 2.11. The molecule has 0 aliphatic heterocycles. The summed E-state index contributed by atoms with van der Waals surface area (Å²) in [5.74, 6) is 0. The first kappa shape index (κ1) is 19.7. The van der Waals surface area contributed by atoms with Gasteiger partial charge in [0.05, 0.1) is 23.4 Å². The van der Waals surface area contributed by atoms with Gasteiger partial charge in [-0.05, 0) is 28.5 Å². The molecule has 0 saturated heterocycles. The minimum absolute atomic E-state index is 0.878. The van der Waals surface area contributed by atoms with E-state index in [1.807, 2.05) is 54.2 Å². The second kappa shape index (κ2) is 8.48. The number of hydrogen-bond acceptors (Lipinski definition) is 2. The maximum atomic E-state index is 5.09. The quantitative estimate of drug-likeness (QED) is 0.291. The molecule has 4 aromatic carbocycles. The van der Waals surface area contributed by atoms with Crippen LogP contribution in [0.3, 0.4) is 0 Å². The Labute approximate surface area is 188 Å². The topological polar surface area (TPSA) is 30.2 Å². The number of fused-ring (bicyclic) bond motifs is 1. The Balaban J connectivity index is 1.65. The van der Waals surface area contributed by atoms with Gasteiger partial charge in [-0.3, -0.25) is 0 Å². The van der Waals surface area contributed by atoms with Gasteiger partial charge in [-0.2, -0.15) is 0 Å².